The molecule has 2 aromatic heterocycles. The molecular weight excluding hydrogens is 450 g/mol. The molecule has 1 atom stereocenters. The molecule has 1 aliphatic rings. The number of likely N-dealkylation sites (tertiary alicyclic amines) is 1. The monoisotopic (exact) mass is 479 g/mol. The van der Waals surface area contributed by atoms with Gasteiger partial charge in [-0.25, -0.2) is 4.98 Å². The Bertz CT molecular complexity index is 1330. The number of hydrogen-bond donors (Lipinski definition) is 1. The van der Waals surface area contributed by atoms with E-state index in [0.29, 0.717) is 41.4 Å². The lowest BCUT2D eigenvalue weighted by Gasteiger charge is -2.25. The summed E-state index contributed by atoms with van der Waals surface area (Å²) in [6.07, 6.45) is 2.37. The topological polar surface area (TPSA) is 103 Å². The molecule has 0 radical (unpaired) electrons. The van der Waals surface area contributed by atoms with Crippen LogP contribution in [0.25, 0.3) is 11.4 Å². The Hall–Kier alpha value is -3.85. The number of aliphatic hydroxyl groups is 1. The number of fused-ring (bicyclic) bond motifs is 1. The van der Waals surface area contributed by atoms with Crippen molar-refractivity contribution in [3.8, 4) is 11.5 Å². The van der Waals surface area contributed by atoms with Crippen LogP contribution in [0, 0.1) is 13.8 Å². The highest BCUT2D eigenvalue weighted by molar-refractivity contribution is 6.46. The minimum Gasteiger partial charge on any atom is -0.505 e. The van der Waals surface area contributed by atoms with Gasteiger partial charge in [-0.2, -0.15) is 0 Å². The van der Waals surface area contributed by atoms with Gasteiger partial charge in [-0.3, -0.25) is 9.59 Å². The van der Waals surface area contributed by atoms with Gasteiger partial charge in [-0.1, -0.05) is 12.1 Å². The zero-order valence-corrected chi connectivity index (χ0v) is 20.5. The van der Waals surface area contributed by atoms with Gasteiger partial charge in [0.25, 0.3) is 11.7 Å². The van der Waals surface area contributed by atoms with E-state index in [4.69, 9.17) is 14.2 Å². The third-order valence-electron chi connectivity index (χ3n) is 6.32. The highest BCUT2D eigenvalue weighted by Crippen LogP contribution is 2.42. The van der Waals surface area contributed by atoms with Crippen LogP contribution < -0.4 is 9.47 Å². The number of aliphatic hydroxyl groups excluding tert-OH is 1. The number of benzene rings is 1. The van der Waals surface area contributed by atoms with Crippen molar-refractivity contribution in [3.63, 3.8) is 0 Å². The van der Waals surface area contributed by atoms with Crippen molar-refractivity contribution >= 4 is 23.1 Å². The van der Waals surface area contributed by atoms with Gasteiger partial charge in [-0.05, 0) is 49.6 Å². The molecule has 1 aromatic carbocycles. The van der Waals surface area contributed by atoms with Crippen LogP contribution in [-0.4, -0.2) is 65.6 Å². The second-order valence-electron chi connectivity index (χ2n) is 8.38. The number of imidazole rings is 1. The number of amides is 1. The highest BCUT2D eigenvalue weighted by atomic mass is 16.5. The van der Waals surface area contributed by atoms with Crippen LogP contribution in [0.4, 0.5) is 0 Å². The van der Waals surface area contributed by atoms with E-state index in [2.05, 4.69) is 4.98 Å². The van der Waals surface area contributed by atoms with Crippen LogP contribution >= 0.6 is 0 Å². The van der Waals surface area contributed by atoms with Crippen LogP contribution in [0.5, 0.6) is 11.5 Å². The second kappa shape index (κ2) is 9.79. The standard InChI is InChI=1S/C26H29N3O6/c1-15-8-6-11-28-16(2)21(27-25(15)28)23(30)20-22(17-9-10-18(34-4)19(14-17)35-5)29(12-7-13-33-3)26(32)24(20)31/h6,8-11,14,22,30H,7,12-13H2,1-5H3/b23-20+. The number of methoxy groups -OCH3 is 3. The van der Waals surface area contributed by atoms with E-state index in [0.717, 1.165) is 5.56 Å². The lowest BCUT2D eigenvalue weighted by Crippen LogP contribution is -2.31. The van der Waals surface area contributed by atoms with E-state index in [-0.39, 0.29) is 23.6 Å². The summed E-state index contributed by atoms with van der Waals surface area (Å²) in [5.74, 6) is -0.780. The van der Waals surface area contributed by atoms with Gasteiger partial charge in [-0.15, -0.1) is 0 Å². The Balaban J connectivity index is 1.92. The third kappa shape index (κ3) is 4.12. The minimum absolute atomic E-state index is 0.0104. The summed E-state index contributed by atoms with van der Waals surface area (Å²) in [6, 6.07) is 8.17. The Kier molecular flexibility index (Phi) is 6.79. The summed E-state index contributed by atoms with van der Waals surface area (Å²) < 4.78 is 17.8. The number of carbonyl (C=O) groups excluding carboxylic acids is 2. The first-order valence-electron chi connectivity index (χ1n) is 11.3. The fourth-order valence-electron chi connectivity index (χ4n) is 4.53. The number of aryl methyl sites for hydroxylation is 2. The molecule has 0 spiro atoms. The van der Waals surface area contributed by atoms with Crippen LogP contribution in [0.15, 0.2) is 42.1 Å². The van der Waals surface area contributed by atoms with Crippen molar-refractivity contribution in [3.05, 3.63) is 64.6 Å². The third-order valence-corrected chi connectivity index (χ3v) is 6.32. The molecule has 1 fully saturated rings. The van der Waals surface area contributed by atoms with Gasteiger partial charge in [0.15, 0.2) is 17.3 Å². The number of ether oxygens (including phenoxy) is 3. The molecule has 35 heavy (non-hydrogen) atoms. The average molecular weight is 480 g/mol. The zero-order chi connectivity index (χ0) is 25.3. The van der Waals surface area contributed by atoms with Gasteiger partial charge in [0.1, 0.15) is 11.3 Å². The molecule has 1 N–H and O–H groups in total. The van der Waals surface area contributed by atoms with Crippen LogP contribution in [0.2, 0.25) is 0 Å². The lowest BCUT2D eigenvalue weighted by molar-refractivity contribution is -0.140. The number of pyridine rings is 1. The van der Waals surface area contributed by atoms with E-state index in [1.54, 1.807) is 25.3 Å². The quantitative estimate of drug-likeness (QED) is 0.229. The zero-order valence-electron chi connectivity index (χ0n) is 20.5. The second-order valence-corrected chi connectivity index (χ2v) is 8.38. The number of aromatic nitrogens is 2. The normalized spacial score (nSPS) is 17.4. The van der Waals surface area contributed by atoms with Gasteiger partial charge in [0, 0.05) is 26.5 Å². The SMILES string of the molecule is COCCCN1C(=O)C(=O)/C(=C(/O)c2nc3c(C)cccn3c2C)C1c1ccc(OC)c(OC)c1. The summed E-state index contributed by atoms with van der Waals surface area (Å²) in [5, 5.41) is 11.5. The van der Waals surface area contributed by atoms with Gasteiger partial charge < -0.3 is 28.6 Å². The largest absolute Gasteiger partial charge is 0.505 e. The van der Waals surface area contributed by atoms with Crippen molar-refractivity contribution in [2.75, 3.05) is 34.5 Å². The maximum absolute atomic E-state index is 13.3. The molecule has 1 aliphatic heterocycles. The summed E-state index contributed by atoms with van der Waals surface area (Å²) in [4.78, 5) is 32.5. The first-order chi connectivity index (χ1) is 16.8. The molecule has 1 saturated heterocycles. The molecule has 1 amide bonds. The number of nitrogens with zero attached hydrogens (tertiary/aromatic N) is 3. The molecule has 0 aliphatic carbocycles. The smallest absolute Gasteiger partial charge is 0.295 e. The molecule has 9 nitrogen and oxygen atoms in total. The van der Waals surface area contributed by atoms with E-state index >= 15 is 0 Å². The summed E-state index contributed by atoms with van der Waals surface area (Å²) in [6.45, 7) is 4.43. The molecule has 0 bridgehead atoms. The Labute approximate surface area is 203 Å². The predicted molar refractivity (Wildman–Crippen MR) is 130 cm³/mol. The number of Topliss-reactive ketones (excluding diaryl/α,β-unsaturated/α-hetero) is 1. The molecular formula is C26H29N3O6. The fourth-order valence-corrected chi connectivity index (χ4v) is 4.53. The van der Waals surface area contributed by atoms with E-state index in [1.807, 2.05) is 36.6 Å². The molecule has 1 unspecified atom stereocenters. The van der Waals surface area contributed by atoms with E-state index in [1.165, 1.54) is 19.1 Å². The van der Waals surface area contributed by atoms with Crippen LogP contribution in [0.1, 0.15) is 35.0 Å². The molecule has 3 aromatic rings. The maximum atomic E-state index is 13.3. The van der Waals surface area contributed by atoms with Crippen LogP contribution in [-0.2, 0) is 14.3 Å². The lowest BCUT2D eigenvalue weighted by atomic mass is 9.96. The van der Waals surface area contributed by atoms with Crippen molar-refractivity contribution in [2.45, 2.75) is 26.3 Å². The molecule has 3 heterocycles. The first kappa shape index (κ1) is 24.3. The van der Waals surface area contributed by atoms with E-state index in [9.17, 15) is 14.7 Å². The minimum atomic E-state index is -0.822. The number of ketones is 1. The summed E-state index contributed by atoms with van der Waals surface area (Å²) in [5.41, 5.74) is 3.12. The first-order valence-corrected chi connectivity index (χ1v) is 11.3. The van der Waals surface area contributed by atoms with Crippen molar-refractivity contribution in [1.29, 1.82) is 0 Å². The Morgan fingerprint density at radius 2 is 1.83 bits per heavy atom. The van der Waals surface area contributed by atoms with Gasteiger partial charge in [0.2, 0.25) is 0 Å². The fraction of sp³-hybridized carbons (Fsp3) is 0.346. The summed E-state index contributed by atoms with van der Waals surface area (Å²) in [7, 11) is 4.62. The molecule has 4 rings (SSSR count). The van der Waals surface area contributed by atoms with Gasteiger partial charge in [0.05, 0.1) is 31.5 Å². The Morgan fingerprint density at radius 1 is 1.09 bits per heavy atom. The highest BCUT2D eigenvalue weighted by Gasteiger charge is 2.46. The number of carbonyl (C=O) groups is 2. The Morgan fingerprint density at radius 3 is 2.49 bits per heavy atom. The van der Waals surface area contributed by atoms with E-state index < -0.39 is 17.7 Å². The average Bonchev–Trinajstić information content (AvgIpc) is 3.33. The predicted octanol–water partition coefficient (Wildman–Crippen LogP) is 3.43. The maximum Gasteiger partial charge on any atom is 0.295 e. The van der Waals surface area contributed by atoms with Crippen molar-refractivity contribution < 1.29 is 28.9 Å². The molecule has 184 valence electrons. The molecule has 0 saturated carbocycles. The van der Waals surface area contributed by atoms with Gasteiger partial charge >= 0.3 is 0 Å². The van der Waals surface area contributed by atoms with Crippen molar-refractivity contribution in [2.24, 2.45) is 0 Å². The van der Waals surface area contributed by atoms with Crippen molar-refractivity contribution in [1.82, 2.24) is 14.3 Å². The summed E-state index contributed by atoms with van der Waals surface area (Å²) >= 11 is 0. The van der Waals surface area contributed by atoms with Crippen LogP contribution in [0.3, 0.4) is 0 Å². The molecule has 9 heteroatoms. The number of hydrogen-bond acceptors (Lipinski definition) is 7. The number of rotatable bonds is 8.